The van der Waals surface area contributed by atoms with Gasteiger partial charge in [0.1, 0.15) is 0 Å². The van der Waals surface area contributed by atoms with E-state index in [9.17, 15) is 18.0 Å². The summed E-state index contributed by atoms with van der Waals surface area (Å²) in [6.45, 7) is 0.345. The number of rotatable bonds is 3. The predicted octanol–water partition coefficient (Wildman–Crippen LogP) is 2.24. The molecule has 0 unspecified atom stereocenters. The molecule has 0 saturated carbocycles. The number of hydrogen-bond acceptors (Lipinski definition) is 4. The van der Waals surface area contributed by atoms with Gasteiger partial charge in [0.15, 0.2) is 5.82 Å². The summed E-state index contributed by atoms with van der Waals surface area (Å²) in [7, 11) is 0. The number of dihydropyridines is 1. The highest BCUT2D eigenvalue weighted by atomic mass is 35.5. The van der Waals surface area contributed by atoms with Crippen LogP contribution in [0.25, 0.3) is 0 Å². The average Bonchev–Trinajstić information content (AvgIpc) is 2.45. The van der Waals surface area contributed by atoms with Gasteiger partial charge in [0.25, 0.3) is 5.91 Å². The van der Waals surface area contributed by atoms with Crippen LogP contribution in [0.2, 0.25) is 5.02 Å². The highest BCUT2D eigenvalue weighted by Crippen LogP contribution is 2.32. The lowest BCUT2D eigenvalue weighted by Crippen LogP contribution is -2.34. The van der Waals surface area contributed by atoms with Gasteiger partial charge >= 0.3 is 6.18 Å². The molecule has 1 amide bonds. The van der Waals surface area contributed by atoms with Crippen molar-refractivity contribution in [3.63, 3.8) is 0 Å². The zero-order chi connectivity index (χ0) is 15.5. The van der Waals surface area contributed by atoms with Crippen molar-refractivity contribution in [2.75, 3.05) is 12.0 Å². The Labute approximate surface area is 122 Å². The number of alkyl halides is 3. The van der Waals surface area contributed by atoms with Crippen molar-refractivity contribution in [3.05, 3.63) is 46.8 Å². The summed E-state index contributed by atoms with van der Waals surface area (Å²) >= 11 is 5.69. The number of pyridine rings is 1. The third-order valence-electron chi connectivity index (χ3n) is 2.56. The summed E-state index contributed by atoms with van der Waals surface area (Å²) in [6.07, 6.45) is 1.05. The first-order chi connectivity index (χ1) is 9.88. The Bertz CT molecular complexity index is 613. The minimum Gasteiger partial charge on any atom is -0.387 e. The summed E-state index contributed by atoms with van der Waals surface area (Å²) in [4.78, 5) is 15.3. The molecule has 1 aliphatic rings. The molecule has 1 aliphatic heterocycles. The largest absolute Gasteiger partial charge is 0.417 e. The Morgan fingerprint density at radius 3 is 2.76 bits per heavy atom. The maximum atomic E-state index is 12.4. The number of amides is 1. The van der Waals surface area contributed by atoms with Gasteiger partial charge in [-0.3, -0.25) is 15.6 Å². The number of nitrogens with one attached hydrogen (secondary N) is 3. The number of allylic oxidation sites excluding steroid dienone is 2. The van der Waals surface area contributed by atoms with Crippen LogP contribution in [0, 0.1) is 0 Å². The molecule has 0 bridgehead atoms. The molecule has 5 nitrogen and oxygen atoms in total. The lowest BCUT2D eigenvalue weighted by atomic mass is 10.2. The van der Waals surface area contributed by atoms with Crippen LogP contribution in [-0.2, 0) is 11.0 Å². The number of anilines is 1. The van der Waals surface area contributed by atoms with Crippen molar-refractivity contribution in [2.45, 2.75) is 6.18 Å². The Morgan fingerprint density at radius 2 is 2.19 bits per heavy atom. The molecule has 0 saturated heterocycles. The first kappa shape index (κ1) is 15.2. The Kier molecular flexibility index (Phi) is 4.37. The molecule has 3 N–H and O–H groups in total. The molecule has 0 aliphatic carbocycles. The number of carbonyl (C=O) groups excluding carboxylic acids is 1. The van der Waals surface area contributed by atoms with E-state index in [2.05, 4.69) is 21.2 Å². The van der Waals surface area contributed by atoms with Gasteiger partial charge in [-0.15, -0.1) is 0 Å². The highest BCUT2D eigenvalue weighted by Gasteiger charge is 2.31. The molecule has 2 heterocycles. The lowest BCUT2D eigenvalue weighted by Gasteiger charge is -2.14. The fourth-order valence-electron chi connectivity index (χ4n) is 1.50. The number of hydrogen-bond donors (Lipinski definition) is 3. The van der Waals surface area contributed by atoms with E-state index in [1.54, 1.807) is 18.4 Å². The molecule has 0 radical (unpaired) electrons. The van der Waals surface area contributed by atoms with Crippen molar-refractivity contribution >= 4 is 23.3 Å². The van der Waals surface area contributed by atoms with Crippen LogP contribution in [-0.4, -0.2) is 17.4 Å². The molecule has 1 aromatic heterocycles. The van der Waals surface area contributed by atoms with Crippen LogP contribution in [0.15, 0.2) is 36.2 Å². The molecule has 0 atom stereocenters. The van der Waals surface area contributed by atoms with Crippen molar-refractivity contribution in [2.24, 2.45) is 0 Å². The van der Waals surface area contributed by atoms with Crippen LogP contribution >= 0.6 is 11.6 Å². The second-order valence-electron chi connectivity index (χ2n) is 4.06. The number of nitrogens with zero attached hydrogens (tertiary/aromatic N) is 1. The number of hydrazine groups is 1. The summed E-state index contributed by atoms with van der Waals surface area (Å²) < 4.78 is 37.3. The maximum Gasteiger partial charge on any atom is 0.417 e. The maximum absolute atomic E-state index is 12.4. The van der Waals surface area contributed by atoms with Gasteiger partial charge in [-0.1, -0.05) is 17.7 Å². The number of aromatic nitrogens is 1. The van der Waals surface area contributed by atoms with E-state index in [1.165, 1.54) is 0 Å². The summed E-state index contributed by atoms with van der Waals surface area (Å²) in [5, 5.41) is 2.60. The van der Waals surface area contributed by atoms with E-state index in [4.69, 9.17) is 11.6 Å². The van der Waals surface area contributed by atoms with E-state index < -0.39 is 17.6 Å². The molecule has 0 fully saturated rings. The average molecular weight is 319 g/mol. The van der Waals surface area contributed by atoms with E-state index >= 15 is 0 Å². The Morgan fingerprint density at radius 1 is 1.43 bits per heavy atom. The zero-order valence-electron chi connectivity index (χ0n) is 10.5. The number of halogens is 4. The molecular weight excluding hydrogens is 309 g/mol. The fourth-order valence-corrected chi connectivity index (χ4v) is 1.71. The van der Waals surface area contributed by atoms with E-state index in [-0.39, 0.29) is 10.8 Å². The first-order valence-corrected chi connectivity index (χ1v) is 6.14. The van der Waals surface area contributed by atoms with Gasteiger partial charge < -0.3 is 5.32 Å². The minimum atomic E-state index is -4.52. The second-order valence-corrected chi connectivity index (χ2v) is 4.47. The second kappa shape index (κ2) is 6.04. The number of carbonyl (C=O) groups is 1. The third-order valence-corrected chi connectivity index (χ3v) is 2.85. The Hall–Kier alpha value is -2.22. The quantitative estimate of drug-likeness (QED) is 0.748. The molecule has 2 rings (SSSR count). The summed E-state index contributed by atoms with van der Waals surface area (Å²) in [6, 6.07) is 0.729. The van der Waals surface area contributed by atoms with Crippen molar-refractivity contribution in [1.82, 2.24) is 15.7 Å². The van der Waals surface area contributed by atoms with E-state index in [0.29, 0.717) is 18.3 Å². The minimum absolute atomic E-state index is 0.0714. The molecular formula is C12H10ClF3N4O. The van der Waals surface area contributed by atoms with Crippen LogP contribution in [0.1, 0.15) is 5.56 Å². The van der Waals surface area contributed by atoms with Gasteiger partial charge in [-0.2, -0.15) is 13.2 Å². The van der Waals surface area contributed by atoms with Crippen molar-refractivity contribution < 1.29 is 18.0 Å². The van der Waals surface area contributed by atoms with Crippen LogP contribution < -0.4 is 16.2 Å². The van der Waals surface area contributed by atoms with Gasteiger partial charge in [-0.25, -0.2) is 4.98 Å². The molecule has 1 aromatic rings. The van der Waals surface area contributed by atoms with E-state index in [0.717, 1.165) is 6.07 Å². The highest BCUT2D eigenvalue weighted by molar-refractivity contribution is 6.33. The Balaban J connectivity index is 2.02. The van der Waals surface area contributed by atoms with Crippen LogP contribution in [0.4, 0.5) is 19.0 Å². The van der Waals surface area contributed by atoms with E-state index in [1.807, 2.05) is 0 Å². The standard InChI is InChI=1S/C12H10ClF3N4O/c13-9-4-8(12(14,15)16)6-18-10(9)19-20-11(21)7-2-1-3-17-5-7/h1-4,6,17H,5H2,(H,18,19)(H,20,21). The summed E-state index contributed by atoms with van der Waals surface area (Å²) in [5.74, 6) is -0.512. The van der Waals surface area contributed by atoms with Gasteiger partial charge in [0.2, 0.25) is 0 Å². The summed E-state index contributed by atoms with van der Waals surface area (Å²) in [5.41, 5.74) is 4.18. The lowest BCUT2D eigenvalue weighted by molar-refractivity contribution is -0.137. The fraction of sp³-hybridized carbons (Fsp3) is 0.167. The van der Waals surface area contributed by atoms with Crippen LogP contribution in [0.5, 0.6) is 0 Å². The van der Waals surface area contributed by atoms with Crippen molar-refractivity contribution in [3.8, 4) is 0 Å². The molecule has 0 spiro atoms. The van der Waals surface area contributed by atoms with Crippen molar-refractivity contribution in [1.29, 1.82) is 0 Å². The molecule has 112 valence electrons. The molecule has 9 heteroatoms. The molecule has 0 aromatic carbocycles. The van der Waals surface area contributed by atoms with Crippen LogP contribution in [0.3, 0.4) is 0 Å². The SMILES string of the molecule is O=C(NNc1ncc(C(F)(F)F)cc1Cl)C1=CC=CNC1. The van der Waals surface area contributed by atoms with Gasteiger partial charge in [0.05, 0.1) is 10.6 Å². The van der Waals surface area contributed by atoms with Gasteiger partial charge in [-0.05, 0) is 18.3 Å². The molecule has 21 heavy (non-hydrogen) atoms. The predicted molar refractivity (Wildman–Crippen MR) is 71.2 cm³/mol. The topological polar surface area (TPSA) is 66.0 Å². The monoisotopic (exact) mass is 318 g/mol. The zero-order valence-corrected chi connectivity index (χ0v) is 11.2. The van der Waals surface area contributed by atoms with Gasteiger partial charge in [0, 0.05) is 18.3 Å². The first-order valence-electron chi connectivity index (χ1n) is 5.76. The third kappa shape index (κ3) is 3.88. The normalized spacial score (nSPS) is 14.2. The smallest absolute Gasteiger partial charge is 0.387 e.